The van der Waals surface area contributed by atoms with Crippen molar-refractivity contribution >= 4 is 0 Å². The van der Waals surface area contributed by atoms with Crippen molar-refractivity contribution in [2.75, 3.05) is 0 Å². The van der Waals surface area contributed by atoms with Crippen LogP contribution in [0.1, 0.15) is 11.3 Å². The number of pyridine rings is 1. The van der Waals surface area contributed by atoms with Crippen molar-refractivity contribution in [3.63, 3.8) is 0 Å². The number of hydrogen-bond donors (Lipinski definition) is 1. The summed E-state index contributed by atoms with van der Waals surface area (Å²) in [7, 11) is 1.78. The molecule has 29 heavy (non-hydrogen) atoms. The lowest BCUT2D eigenvalue weighted by Crippen LogP contribution is -2.02. The Bertz CT molecular complexity index is 1200. The first-order valence-corrected chi connectivity index (χ1v) is 8.87. The third-order valence-corrected chi connectivity index (χ3v) is 4.25. The van der Waals surface area contributed by atoms with Gasteiger partial charge in [-0.3, -0.25) is 4.98 Å². The van der Waals surface area contributed by atoms with Crippen LogP contribution in [0.2, 0.25) is 0 Å². The molecule has 3 heterocycles. The van der Waals surface area contributed by atoms with E-state index in [1.807, 2.05) is 18.2 Å². The van der Waals surface area contributed by atoms with Crippen molar-refractivity contribution in [3.8, 4) is 40.5 Å². The third-order valence-electron chi connectivity index (χ3n) is 4.25. The molecule has 0 saturated carbocycles. The molecule has 0 aliphatic heterocycles. The van der Waals surface area contributed by atoms with Crippen LogP contribution in [-0.4, -0.2) is 24.7 Å². The zero-order valence-corrected chi connectivity index (χ0v) is 15.6. The maximum Gasteiger partial charge on any atom is 0.218 e. The lowest BCUT2D eigenvalue weighted by Gasteiger charge is -2.11. The Kier molecular flexibility index (Phi) is 4.97. The molecule has 0 radical (unpaired) electrons. The topological polar surface area (TPSA) is 116 Å². The molecular weight excluding hydrogens is 366 g/mol. The number of benzene rings is 1. The molecule has 2 N–H and O–H groups in total. The van der Waals surface area contributed by atoms with Crippen LogP contribution in [0.5, 0.6) is 11.6 Å². The Morgan fingerprint density at radius 1 is 1.07 bits per heavy atom. The smallest absolute Gasteiger partial charge is 0.218 e. The zero-order chi connectivity index (χ0) is 20.2. The van der Waals surface area contributed by atoms with Gasteiger partial charge in [0.15, 0.2) is 5.82 Å². The summed E-state index contributed by atoms with van der Waals surface area (Å²) in [6, 6.07) is 16.4. The molecule has 0 spiro atoms. The minimum atomic E-state index is 0.303. The van der Waals surface area contributed by atoms with Gasteiger partial charge in [-0.2, -0.15) is 10.4 Å². The summed E-state index contributed by atoms with van der Waals surface area (Å²) < 4.78 is 7.74. The normalized spacial score (nSPS) is 10.5. The summed E-state index contributed by atoms with van der Waals surface area (Å²) in [5.74, 6) is 1.42. The number of hydrogen-bond acceptors (Lipinski definition) is 7. The maximum absolute atomic E-state index is 9.30. The highest BCUT2D eigenvalue weighted by Gasteiger charge is 2.15. The molecule has 0 atom stereocenters. The van der Waals surface area contributed by atoms with Gasteiger partial charge < -0.3 is 10.5 Å². The highest BCUT2D eigenvalue weighted by atomic mass is 16.5. The van der Waals surface area contributed by atoms with Crippen LogP contribution >= 0.6 is 0 Å². The van der Waals surface area contributed by atoms with E-state index in [2.05, 4.69) is 26.1 Å². The summed E-state index contributed by atoms with van der Waals surface area (Å²) in [6.07, 6.45) is 3.36. The van der Waals surface area contributed by atoms with E-state index in [0.717, 1.165) is 5.69 Å². The number of aryl methyl sites for hydroxylation is 1. The molecule has 3 aromatic heterocycles. The van der Waals surface area contributed by atoms with Crippen LogP contribution in [0.3, 0.4) is 0 Å². The molecule has 0 aliphatic rings. The molecule has 0 bridgehead atoms. The van der Waals surface area contributed by atoms with Crippen LogP contribution in [0.25, 0.3) is 22.8 Å². The second-order valence-corrected chi connectivity index (χ2v) is 6.21. The van der Waals surface area contributed by atoms with Crippen molar-refractivity contribution in [2.24, 2.45) is 12.8 Å². The quantitative estimate of drug-likeness (QED) is 0.563. The van der Waals surface area contributed by atoms with Gasteiger partial charge in [-0.1, -0.05) is 6.07 Å². The molecule has 4 rings (SSSR count). The monoisotopic (exact) mass is 383 g/mol. The van der Waals surface area contributed by atoms with E-state index in [1.165, 1.54) is 0 Å². The molecule has 8 heteroatoms. The third kappa shape index (κ3) is 3.81. The average Bonchev–Trinajstić information content (AvgIpc) is 3.14. The standard InChI is InChI=1S/C21H17N7O/c1-28-20(11-18(27-28)17-4-2-3-8-24-17)29-19-10-14(12-22)5-6-16(19)21-25-9-7-15(13-23)26-21/h2-11H,13,23H2,1H3. The van der Waals surface area contributed by atoms with Gasteiger partial charge in [0.1, 0.15) is 11.4 Å². The second kappa shape index (κ2) is 7.88. The second-order valence-electron chi connectivity index (χ2n) is 6.21. The van der Waals surface area contributed by atoms with Gasteiger partial charge in [0.05, 0.1) is 28.6 Å². The molecule has 8 nitrogen and oxygen atoms in total. The van der Waals surface area contributed by atoms with Gasteiger partial charge in [0.25, 0.3) is 0 Å². The van der Waals surface area contributed by atoms with E-state index in [1.54, 1.807) is 54.5 Å². The molecular formula is C21H17N7O. The molecule has 0 fully saturated rings. The van der Waals surface area contributed by atoms with E-state index < -0.39 is 0 Å². The van der Waals surface area contributed by atoms with E-state index in [9.17, 15) is 5.26 Å². The van der Waals surface area contributed by atoms with Gasteiger partial charge in [0, 0.05) is 32.1 Å². The number of nitrogens with two attached hydrogens (primary N) is 1. The predicted molar refractivity (Wildman–Crippen MR) is 107 cm³/mol. The highest BCUT2D eigenvalue weighted by molar-refractivity contribution is 5.67. The Labute approximate surface area is 167 Å². The van der Waals surface area contributed by atoms with Crippen molar-refractivity contribution in [3.05, 3.63) is 72.2 Å². The van der Waals surface area contributed by atoms with Gasteiger partial charge in [-0.15, -0.1) is 0 Å². The minimum Gasteiger partial charge on any atom is -0.438 e. The van der Waals surface area contributed by atoms with E-state index >= 15 is 0 Å². The number of ether oxygens (including phenoxy) is 1. The van der Waals surface area contributed by atoms with Crippen LogP contribution in [0, 0.1) is 11.3 Å². The fourth-order valence-electron chi connectivity index (χ4n) is 2.80. The molecule has 142 valence electrons. The van der Waals surface area contributed by atoms with E-state index in [-0.39, 0.29) is 0 Å². The highest BCUT2D eigenvalue weighted by Crippen LogP contribution is 2.33. The first kappa shape index (κ1) is 18.3. The number of nitriles is 1. The number of rotatable bonds is 5. The molecule has 0 amide bonds. The molecule has 1 aromatic carbocycles. The van der Waals surface area contributed by atoms with Crippen molar-refractivity contribution < 1.29 is 4.74 Å². The molecule has 0 saturated heterocycles. The Morgan fingerprint density at radius 2 is 1.97 bits per heavy atom. The first-order valence-electron chi connectivity index (χ1n) is 8.87. The summed E-state index contributed by atoms with van der Waals surface area (Å²) >= 11 is 0. The van der Waals surface area contributed by atoms with Crippen molar-refractivity contribution in [2.45, 2.75) is 6.54 Å². The lowest BCUT2D eigenvalue weighted by molar-refractivity contribution is 0.432. The van der Waals surface area contributed by atoms with Gasteiger partial charge >= 0.3 is 0 Å². The number of nitrogens with zero attached hydrogens (tertiary/aromatic N) is 6. The molecule has 0 aliphatic carbocycles. The van der Waals surface area contributed by atoms with Crippen LogP contribution in [0.15, 0.2) is 60.9 Å². The summed E-state index contributed by atoms with van der Waals surface area (Å²) in [4.78, 5) is 13.1. The fraction of sp³-hybridized carbons (Fsp3) is 0.0952. The first-order chi connectivity index (χ1) is 14.2. The minimum absolute atomic E-state index is 0.303. The Balaban J connectivity index is 1.75. The van der Waals surface area contributed by atoms with Crippen LogP contribution < -0.4 is 10.5 Å². The van der Waals surface area contributed by atoms with E-state index in [0.29, 0.717) is 46.5 Å². The summed E-state index contributed by atoms with van der Waals surface area (Å²) in [5.41, 5.74) is 8.95. The van der Waals surface area contributed by atoms with E-state index in [4.69, 9.17) is 10.5 Å². The van der Waals surface area contributed by atoms with Gasteiger partial charge in [-0.05, 0) is 36.4 Å². The fourth-order valence-corrected chi connectivity index (χ4v) is 2.80. The van der Waals surface area contributed by atoms with Crippen molar-refractivity contribution in [1.82, 2.24) is 24.7 Å². The molecule has 4 aromatic rings. The largest absolute Gasteiger partial charge is 0.438 e. The van der Waals surface area contributed by atoms with Crippen LogP contribution in [-0.2, 0) is 13.6 Å². The van der Waals surface area contributed by atoms with Gasteiger partial charge in [0.2, 0.25) is 5.88 Å². The maximum atomic E-state index is 9.30. The van der Waals surface area contributed by atoms with Gasteiger partial charge in [-0.25, -0.2) is 14.6 Å². The SMILES string of the molecule is Cn1nc(-c2ccccn2)cc1Oc1cc(C#N)ccc1-c1nccc(CN)n1. The summed E-state index contributed by atoms with van der Waals surface area (Å²) in [6.45, 7) is 0.303. The lowest BCUT2D eigenvalue weighted by atomic mass is 10.1. The number of aromatic nitrogens is 5. The van der Waals surface area contributed by atoms with Crippen molar-refractivity contribution in [1.29, 1.82) is 5.26 Å². The zero-order valence-electron chi connectivity index (χ0n) is 15.6. The molecule has 0 unspecified atom stereocenters. The average molecular weight is 383 g/mol. The Hall–Kier alpha value is -4.09. The van der Waals surface area contributed by atoms with Crippen LogP contribution in [0.4, 0.5) is 0 Å². The summed E-state index contributed by atoms with van der Waals surface area (Å²) in [5, 5.41) is 13.8. The Morgan fingerprint density at radius 3 is 2.72 bits per heavy atom. The predicted octanol–water partition coefficient (Wildman–Crippen LogP) is 3.06.